The molecule has 0 N–H and O–H groups in total. The van der Waals surface area contributed by atoms with Gasteiger partial charge in [0.05, 0.1) is 19.2 Å². The summed E-state index contributed by atoms with van der Waals surface area (Å²) >= 11 is 1.59. The Labute approximate surface area is 194 Å². The summed E-state index contributed by atoms with van der Waals surface area (Å²) in [5.41, 5.74) is 2.26. The van der Waals surface area contributed by atoms with Crippen LogP contribution in [0.15, 0.2) is 51.8 Å². The number of ether oxygens (including phenoxy) is 1. The number of rotatable bonds is 6. The molecule has 4 aromatic rings. The van der Waals surface area contributed by atoms with Gasteiger partial charge in [0.1, 0.15) is 6.54 Å². The number of nitrogens with zero attached hydrogens (tertiary/aromatic N) is 5. The minimum atomic E-state index is -0.408. The average molecular weight is 466 g/mol. The van der Waals surface area contributed by atoms with Crippen LogP contribution in [0.3, 0.4) is 0 Å². The van der Waals surface area contributed by atoms with Crippen molar-refractivity contribution in [3.05, 3.63) is 58.7 Å². The van der Waals surface area contributed by atoms with Gasteiger partial charge in [-0.1, -0.05) is 23.4 Å². The van der Waals surface area contributed by atoms with Crippen LogP contribution in [0.4, 0.5) is 0 Å². The highest BCUT2D eigenvalue weighted by Crippen LogP contribution is 2.23. The summed E-state index contributed by atoms with van der Waals surface area (Å²) in [5.74, 6) is 0.786. The lowest BCUT2D eigenvalue weighted by Crippen LogP contribution is -2.49. The van der Waals surface area contributed by atoms with Crippen molar-refractivity contribution in [2.24, 2.45) is 0 Å². The summed E-state index contributed by atoms with van der Waals surface area (Å²) in [7, 11) is 1.36. The summed E-state index contributed by atoms with van der Waals surface area (Å²) in [6, 6.07) is 9.49. The van der Waals surface area contributed by atoms with Crippen LogP contribution in [0.25, 0.3) is 22.3 Å². The van der Waals surface area contributed by atoms with Gasteiger partial charge in [0.15, 0.2) is 0 Å². The van der Waals surface area contributed by atoms with Crippen LogP contribution < -0.4 is 0 Å². The van der Waals surface area contributed by atoms with Crippen molar-refractivity contribution in [3.63, 3.8) is 0 Å². The third-order valence-corrected chi connectivity index (χ3v) is 6.51. The standard InChI is InChI=1S/C23H23N5O4S/c1-31-23(30)18-12-28(19-5-3-2-4-17(18)19)14-21(29)27-9-7-26(8-10-27)13-20-24-22(25-32-20)16-6-11-33-15-16/h2-6,11-12,15H,7-10,13-14H2,1H3. The summed E-state index contributed by atoms with van der Waals surface area (Å²) in [6.45, 7) is 3.42. The lowest BCUT2D eigenvalue weighted by Gasteiger charge is -2.34. The van der Waals surface area contributed by atoms with Crippen molar-refractivity contribution in [2.45, 2.75) is 13.1 Å². The molecule has 0 bridgehead atoms. The molecular weight excluding hydrogens is 442 g/mol. The van der Waals surface area contributed by atoms with Crippen molar-refractivity contribution in [1.29, 1.82) is 0 Å². The molecule has 3 aromatic heterocycles. The molecule has 170 valence electrons. The largest absolute Gasteiger partial charge is 0.465 e. The molecular formula is C23H23N5O4S. The number of hydrogen-bond donors (Lipinski definition) is 0. The monoisotopic (exact) mass is 465 g/mol. The van der Waals surface area contributed by atoms with Gasteiger partial charge >= 0.3 is 5.97 Å². The lowest BCUT2D eigenvalue weighted by atomic mass is 10.2. The van der Waals surface area contributed by atoms with E-state index in [2.05, 4.69) is 15.0 Å². The Morgan fingerprint density at radius 2 is 1.97 bits per heavy atom. The number of esters is 1. The molecule has 1 aromatic carbocycles. The number of thiophene rings is 1. The first-order valence-electron chi connectivity index (χ1n) is 10.6. The smallest absolute Gasteiger partial charge is 0.340 e. The molecule has 4 heterocycles. The first-order chi connectivity index (χ1) is 16.1. The summed E-state index contributed by atoms with van der Waals surface area (Å²) in [6.07, 6.45) is 1.70. The lowest BCUT2D eigenvalue weighted by molar-refractivity contribution is -0.133. The van der Waals surface area contributed by atoms with Crippen LogP contribution in [-0.4, -0.2) is 69.7 Å². The van der Waals surface area contributed by atoms with Gasteiger partial charge in [-0.2, -0.15) is 16.3 Å². The fourth-order valence-corrected chi connectivity index (χ4v) is 4.70. The Morgan fingerprint density at radius 1 is 1.15 bits per heavy atom. The topological polar surface area (TPSA) is 93.7 Å². The number of aromatic nitrogens is 3. The number of amides is 1. The Kier molecular flexibility index (Phi) is 5.93. The Hall–Kier alpha value is -3.50. The Morgan fingerprint density at radius 3 is 2.73 bits per heavy atom. The summed E-state index contributed by atoms with van der Waals surface area (Å²) in [4.78, 5) is 33.7. The van der Waals surface area contributed by atoms with Crippen LogP contribution in [0.2, 0.25) is 0 Å². The average Bonchev–Trinajstić information content (AvgIpc) is 3.60. The van der Waals surface area contributed by atoms with Gasteiger partial charge in [0.25, 0.3) is 0 Å². The molecule has 5 rings (SSSR count). The molecule has 1 fully saturated rings. The molecule has 9 nitrogen and oxygen atoms in total. The van der Waals surface area contributed by atoms with Crippen molar-refractivity contribution in [2.75, 3.05) is 33.3 Å². The zero-order valence-electron chi connectivity index (χ0n) is 18.1. The van der Waals surface area contributed by atoms with Crippen molar-refractivity contribution in [3.8, 4) is 11.4 Å². The highest BCUT2D eigenvalue weighted by molar-refractivity contribution is 7.08. The number of benzene rings is 1. The van der Waals surface area contributed by atoms with Crippen LogP contribution in [0.1, 0.15) is 16.2 Å². The first kappa shape index (κ1) is 21.4. The molecule has 1 aliphatic heterocycles. The Bertz CT molecular complexity index is 1270. The number of piperazine rings is 1. The number of hydrogen-bond acceptors (Lipinski definition) is 8. The van der Waals surface area contributed by atoms with Gasteiger partial charge in [-0.05, 0) is 17.5 Å². The highest BCUT2D eigenvalue weighted by Gasteiger charge is 2.24. The number of para-hydroxylation sites is 1. The molecule has 0 aliphatic carbocycles. The number of carbonyl (C=O) groups excluding carboxylic acids is 2. The normalized spacial score (nSPS) is 14.6. The second-order valence-corrected chi connectivity index (χ2v) is 8.64. The van der Waals surface area contributed by atoms with E-state index in [0.29, 0.717) is 36.9 Å². The van der Waals surface area contributed by atoms with E-state index in [1.807, 2.05) is 50.6 Å². The second kappa shape index (κ2) is 9.16. The van der Waals surface area contributed by atoms with Gasteiger partial charge < -0.3 is 18.7 Å². The van der Waals surface area contributed by atoms with Crippen LogP contribution >= 0.6 is 11.3 Å². The van der Waals surface area contributed by atoms with E-state index in [0.717, 1.165) is 29.6 Å². The molecule has 0 unspecified atom stereocenters. The van der Waals surface area contributed by atoms with Crippen molar-refractivity contribution < 1.29 is 18.8 Å². The molecule has 1 aliphatic rings. The third kappa shape index (κ3) is 4.39. The van der Waals surface area contributed by atoms with Gasteiger partial charge in [0.2, 0.25) is 17.6 Å². The maximum absolute atomic E-state index is 13.0. The van der Waals surface area contributed by atoms with Crippen LogP contribution in [-0.2, 0) is 22.6 Å². The number of carbonyl (C=O) groups is 2. The van der Waals surface area contributed by atoms with Gasteiger partial charge in [-0.3, -0.25) is 9.69 Å². The molecule has 0 radical (unpaired) electrons. The van der Waals surface area contributed by atoms with E-state index < -0.39 is 5.97 Å². The fraction of sp³-hybridized carbons (Fsp3) is 0.304. The fourth-order valence-electron chi connectivity index (χ4n) is 4.07. The zero-order chi connectivity index (χ0) is 22.8. The van der Waals surface area contributed by atoms with E-state index in [9.17, 15) is 9.59 Å². The minimum absolute atomic E-state index is 0.0179. The molecule has 1 amide bonds. The highest BCUT2D eigenvalue weighted by atomic mass is 32.1. The molecule has 0 saturated carbocycles. The molecule has 0 spiro atoms. The molecule has 10 heteroatoms. The van der Waals surface area contributed by atoms with Gasteiger partial charge in [-0.15, -0.1) is 0 Å². The Balaban J connectivity index is 1.20. The zero-order valence-corrected chi connectivity index (χ0v) is 19.0. The maximum Gasteiger partial charge on any atom is 0.340 e. The number of methoxy groups -OCH3 is 1. The third-order valence-electron chi connectivity index (χ3n) is 5.83. The molecule has 0 atom stereocenters. The van der Waals surface area contributed by atoms with E-state index in [1.165, 1.54) is 7.11 Å². The van der Waals surface area contributed by atoms with E-state index in [-0.39, 0.29) is 12.5 Å². The number of fused-ring (bicyclic) bond motifs is 1. The van der Waals surface area contributed by atoms with Gasteiger partial charge in [-0.25, -0.2) is 4.79 Å². The van der Waals surface area contributed by atoms with E-state index in [1.54, 1.807) is 17.5 Å². The van der Waals surface area contributed by atoms with E-state index >= 15 is 0 Å². The van der Waals surface area contributed by atoms with E-state index in [4.69, 9.17) is 9.26 Å². The summed E-state index contributed by atoms with van der Waals surface area (Å²) < 4.78 is 12.1. The van der Waals surface area contributed by atoms with Crippen molar-refractivity contribution in [1.82, 2.24) is 24.5 Å². The summed E-state index contributed by atoms with van der Waals surface area (Å²) in [5, 5.41) is 8.80. The predicted octanol–water partition coefficient (Wildman–Crippen LogP) is 2.88. The van der Waals surface area contributed by atoms with Crippen molar-refractivity contribution >= 4 is 34.1 Å². The predicted molar refractivity (Wildman–Crippen MR) is 123 cm³/mol. The first-order valence-corrected chi connectivity index (χ1v) is 11.6. The maximum atomic E-state index is 13.0. The molecule has 33 heavy (non-hydrogen) atoms. The SMILES string of the molecule is COC(=O)c1cn(CC(=O)N2CCN(Cc3nc(-c4ccsc4)no3)CC2)c2ccccc12. The van der Waals surface area contributed by atoms with Gasteiger partial charge in [0, 0.05) is 54.2 Å². The van der Waals surface area contributed by atoms with Crippen LogP contribution in [0.5, 0.6) is 0 Å². The minimum Gasteiger partial charge on any atom is -0.465 e. The quantitative estimate of drug-likeness (QED) is 0.404. The molecule has 1 saturated heterocycles. The van der Waals surface area contributed by atoms with Crippen LogP contribution in [0, 0.1) is 0 Å². The second-order valence-electron chi connectivity index (χ2n) is 7.86.